The average molecular weight is 238 g/mol. The van der Waals surface area contributed by atoms with Crippen molar-refractivity contribution in [2.24, 2.45) is 11.1 Å². The van der Waals surface area contributed by atoms with E-state index in [1.807, 2.05) is 0 Å². The lowest BCUT2D eigenvalue weighted by Crippen LogP contribution is -2.54. The summed E-state index contributed by atoms with van der Waals surface area (Å²) in [5.74, 6) is 0. The van der Waals surface area contributed by atoms with E-state index in [-0.39, 0.29) is 0 Å². The van der Waals surface area contributed by atoms with E-state index in [2.05, 4.69) is 25.7 Å². The van der Waals surface area contributed by atoms with Crippen LogP contribution in [0.2, 0.25) is 0 Å². The zero-order valence-corrected chi connectivity index (χ0v) is 12.0. The predicted octanol–water partition coefficient (Wildman–Crippen LogP) is 3.16. The van der Waals surface area contributed by atoms with Crippen molar-refractivity contribution in [2.45, 2.75) is 77.3 Å². The minimum absolute atomic E-state index is 0.323. The molecule has 2 N–H and O–H groups in total. The van der Waals surface area contributed by atoms with E-state index in [1.54, 1.807) is 0 Å². The highest BCUT2D eigenvalue weighted by Crippen LogP contribution is 2.43. The Hall–Kier alpha value is -0.0800. The molecular weight excluding hydrogens is 208 g/mol. The fraction of sp³-hybridized carbons (Fsp3) is 1.00. The third-order valence-corrected chi connectivity index (χ3v) is 5.08. The van der Waals surface area contributed by atoms with E-state index in [9.17, 15) is 0 Å². The standard InChI is InChI=1S/C15H30N2/c1-4-17(13-6-7-13)15(12-16)9-5-8-14(2,3)10-11-15/h13H,4-12,16H2,1-3H3. The summed E-state index contributed by atoms with van der Waals surface area (Å²) in [7, 11) is 0. The van der Waals surface area contributed by atoms with Crippen molar-refractivity contribution in [3.63, 3.8) is 0 Å². The van der Waals surface area contributed by atoms with Gasteiger partial charge in [-0.25, -0.2) is 0 Å². The highest BCUT2D eigenvalue weighted by Gasteiger charge is 2.44. The van der Waals surface area contributed by atoms with Crippen LogP contribution in [0.1, 0.15) is 65.7 Å². The number of nitrogens with zero attached hydrogens (tertiary/aromatic N) is 1. The number of rotatable bonds is 4. The maximum Gasteiger partial charge on any atom is 0.0334 e. The third kappa shape index (κ3) is 2.85. The SMILES string of the molecule is CCN(C1CC1)C1(CN)CCCC(C)(C)CC1. The van der Waals surface area contributed by atoms with Gasteiger partial charge in [0.15, 0.2) is 0 Å². The Kier molecular flexibility index (Phi) is 3.84. The third-order valence-electron chi connectivity index (χ3n) is 5.08. The number of hydrogen-bond acceptors (Lipinski definition) is 2. The molecule has 2 saturated carbocycles. The van der Waals surface area contributed by atoms with Crippen molar-refractivity contribution in [2.75, 3.05) is 13.1 Å². The molecule has 2 aliphatic carbocycles. The molecule has 2 nitrogen and oxygen atoms in total. The Balaban J connectivity index is 2.12. The molecule has 0 aromatic carbocycles. The zero-order valence-electron chi connectivity index (χ0n) is 12.0. The molecule has 1 unspecified atom stereocenters. The van der Waals surface area contributed by atoms with E-state index in [1.165, 1.54) is 51.5 Å². The number of hydrogen-bond donors (Lipinski definition) is 1. The Bertz CT molecular complexity index is 258. The van der Waals surface area contributed by atoms with Gasteiger partial charge in [-0.15, -0.1) is 0 Å². The highest BCUT2D eigenvalue weighted by atomic mass is 15.3. The molecule has 0 radical (unpaired) electrons. The van der Waals surface area contributed by atoms with Gasteiger partial charge in [-0.1, -0.05) is 27.2 Å². The van der Waals surface area contributed by atoms with Crippen molar-refractivity contribution in [1.82, 2.24) is 4.90 Å². The first-order valence-corrected chi connectivity index (χ1v) is 7.50. The lowest BCUT2D eigenvalue weighted by atomic mass is 9.83. The lowest BCUT2D eigenvalue weighted by molar-refractivity contribution is 0.0722. The minimum atomic E-state index is 0.323. The van der Waals surface area contributed by atoms with Crippen LogP contribution in [-0.4, -0.2) is 29.6 Å². The van der Waals surface area contributed by atoms with Gasteiger partial charge in [0.05, 0.1) is 0 Å². The van der Waals surface area contributed by atoms with Crippen LogP contribution < -0.4 is 5.73 Å². The molecule has 0 aromatic rings. The van der Waals surface area contributed by atoms with Gasteiger partial charge in [-0.2, -0.15) is 0 Å². The van der Waals surface area contributed by atoms with Crippen molar-refractivity contribution >= 4 is 0 Å². The van der Waals surface area contributed by atoms with Gasteiger partial charge >= 0.3 is 0 Å². The second kappa shape index (κ2) is 4.89. The van der Waals surface area contributed by atoms with Gasteiger partial charge in [-0.05, 0) is 50.5 Å². The van der Waals surface area contributed by atoms with Crippen LogP contribution in [0.5, 0.6) is 0 Å². The monoisotopic (exact) mass is 238 g/mol. The predicted molar refractivity (Wildman–Crippen MR) is 74.1 cm³/mol. The highest BCUT2D eigenvalue weighted by molar-refractivity contribution is 5.01. The summed E-state index contributed by atoms with van der Waals surface area (Å²) in [6.07, 6.45) is 9.49. The zero-order chi connectivity index (χ0) is 12.5. The van der Waals surface area contributed by atoms with Gasteiger partial charge in [-0.3, -0.25) is 4.90 Å². The molecule has 2 rings (SSSR count). The van der Waals surface area contributed by atoms with Crippen LogP contribution in [0.4, 0.5) is 0 Å². The van der Waals surface area contributed by atoms with Gasteiger partial charge in [0.2, 0.25) is 0 Å². The molecule has 2 aliphatic rings. The van der Waals surface area contributed by atoms with Crippen LogP contribution in [0.15, 0.2) is 0 Å². The molecule has 0 spiro atoms. The molecule has 0 bridgehead atoms. The van der Waals surface area contributed by atoms with Crippen LogP contribution >= 0.6 is 0 Å². The molecular formula is C15H30N2. The van der Waals surface area contributed by atoms with Gasteiger partial charge < -0.3 is 5.73 Å². The van der Waals surface area contributed by atoms with E-state index in [0.29, 0.717) is 11.0 Å². The Morgan fingerprint density at radius 3 is 2.35 bits per heavy atom. The normalized spacial score (nSPS) is 33.7. The molecule has 17 heavy (non-hydrogen) atoms. The number of likely N-dealkylation sites (N-methyl/N-ethyl adjacent to an activating group) is 1. The van der Waals surface area contributed by atoms with E-state index >= 15 is 0 Å². The quantitative estimate of drug-likeness (QED) is 0.762. The first kappa shape index (κ1) is 13.4. The summed E-state index contributed by atoms with van der Waals surface area (Å²) in [5.41, 5.74) is 7.05. The fourth-order valence-corrected chi connectivity index (χ4v) is 3.69. The molecule has 0 saturated heterocycles. The average Bonchev–Trinajstić information content (AvgIpc) is 3.10. The molecule has 1 atom stereocenters. The molecule has 0 aliphatic heterocycles. The molecule has 100 valence electrons. The maximum absolute atomic E-state index is 6.20. The smallest absolute Gasteiger partial charge is 0.0334 e. The van der Waals surface area contributed by atoms with Crippen molar-refractivity contribution in [1.29, 1.82) is 0 Å². The molecule has 0 amide bonds. The van der Waals surface area contributed by atoms with Gasteiger partial charge in [0.25, 0.3) is 0 Å². The summed E-state index contributed by atoms with van der Waals surface area (Å²) in [4.78, 5) is 2.74. The summed E-state index contributed by atoms with van der Waals surface area (Å²) in [5, 5.41) is 0. The summed E-state index contributed by atoms with van der Waals surface area (Å²) in [6.45, 7) is 9.20. The van der Waals surface area contributed by atoms with E-state index < -0.39 is 0 Å². The van der Waals surface area contributed by atoms with E-state index in [4.69, 9.17) is 5.73 Å². The molecule has 0 heterocycles. The van der Waals surface area contributed by atoms with Crippen LogP contribution in [0.3, 0.4) is 0 Å². The second-order valence-corrected chi connectivity index (χ2v) is 6.96. The summed E-state index contributed by atoms with van der Waals surface area (Å²) in [6, 6.07) is 0.852. The van der Waals surface area contributed by atoms with E-state index in [0.717, 1.165) is 12.6 Å². The summed E-state index contributed by atoms with van der Waals surface area (Å²) >= 11 is 0. The Morgan fingerprint density at radius 1 is 1.12 bits per heavy atom. The van der Waals surface area contributed by atoms with Crippen LogP contribution in [-0.2, 0) is 0 Å². The molecule has 2 heteroatoms. The molecule has 2 fully saturated rings. The van der Waals surface area contributed by atoms with Crippen molar-refractivity contribution < 1.29 is 0 Å². The fourth-order valence-electron chi connectivity index (χ4n) is 3.69. The van der Waals surface area contributed by atoms with Gasteiger partial charge in [0, 0.05) is 18.1 Å². The first-order chi connectivity index (χ1) is 8.03. The first-order valence-electron chi connectivity index (χ1n) is 7.50. The summed E-state index contributed by atoms with van der Waals surface area (Å²) < 4.78 is 0. The second-order valence-electron chi connectivity index (χ2n) is 6.96. The maximum atomic E-state index is 6.20. The number of nitrogens with two attached hydrogens (primary N) is 1. The largest absolute Gasteiger partial charge is 0.329 e. The van der Waals surface area contributed by atoms with Crippen LogP contribution in [0, 0.1) is 5.41 Å². The Labute approximate surface area is 107 Å². The minimum Gasteiger partial charge on any atom is -0.329 e. The van der Waals surface area contributed by atoms with Crippen molar-refractivity contribution in [3.05, 3.63) is 0 Å². The Morgan fingerprint density at radius 2 is 1.82 bits per heavy atom. The topological polar surface area (TPSA) is 29.3 Å². The lowest BCUT2D eigenvalue weighted by Gasteiger charge is -2.43. The van der Waals surface area contributed by atoms with Gasteiger partial charge in [0.1, 0.15) is 0 Å². The van der Waals surface area contributed by atoms with Crippen molar-refractivity contribution in [3.8, 4) is 0 Å². The van der Waals surface area contributed by atoms with Crippen LogP contribution in [0.25, 0.3) is 0 Å². The molecule has 0 aromatic heterocycles.